The smallest absolute Gasteiger partial charge is 0.279 e. The van der Waals surface area contributed by atoms with Crippen molar-refractivity contribution in [2.45, 2.75) is 12.1 Å². The molecule has 0 bridgehead atoms. The molecular weight excluding hydrogens is 492 g/mol. The number of benzene rings is 1. The molecule has 0 amide bonds. The van der Waals surface area contributed by atoms with E-state index >= 15 is 4.39 Å². The molecule has 4 N–H and O–H groups in total. The highest BCUT2D eigenvalue weighted by atomic mass is 79.9. The van der Waals surface area contributed by atoms with Crippen molar-refractivity contribution in [2.24, 2.45) is 4.99 Å². The molecule has 1 saturated heterocycles. The number of aliphatic imine (C=N–C) groups is 1. The molecule has 1 unspecified atom stereocenters. The van der Waals surface area contributed by atoms with Gasteiger partial charge in [0.15, 0.2) is 11.5 Å². The van der Waals surface area contributed by atoms with Crippen molar-refractivity contribution in [2.75, 3.05) is 32.0 Å². The first-order valence-corrected chi connectivity index (χ1v) is 10.8. The SMILES string of the molecule is CNS(=O)(=O)N1CCC(F)(CNc2nonc2C(=Nc2ccc(F)c(Br)c2)NO)C1. The summed E-state index contributed by atoms with van der Waals surface area (Å²) in [6, 6.07) is 3.92. The molecule has 0 radical (unpaired) electrons. The molecule has 0 spiro atoms. The quantitative estimate of drug-likeness (QED) is 0.248. The van der Waals surface area contributed by atoms with Gasteiger partial charge in [0.25, 0.3) is 10.2 Å². The monoisotopic (exact) mass is 509 g/mol. The van der Waals surface area contributed by atoms with Crippen molar-refractivity contribution >= 4 is 43.5 Å². The molecular formula is C15H18BrF2N7O4S. The second kappa shape index (κ2) is 8.89. The number of hydroxylamine groups is 1. The highest BCUT2D eigenvalue weighted by molar-refractivity contribution is 9.10. The summed E-state index contributed by atoms with van der Waals surface area (Å²) in [5.74, 6) is -0.698. The lowest BCUT2D eigenvalue weighted by molar-refractivity contribution is 0.197. The van der Waals surface area contributed by atoms with Crippen LogP contribution in [-0.4, -0.2) is 66.4 Å². The molecule has 1 aromatic heterocycles. The first-order valence-electron chi connectivity index (χ1n) is 8.55. The molecule has 15 heteroatoms. The van der Waals surface area contributed by atoms with Crippen molar-refractivity contribution in [1.82, 2.24) is 24.8 Å². The fourth-order valence-corrected chi connectivity index (χ4v) is 4.15. The van der Waals surface area contributed by atoms with E-state index < -0.39 is 21.7 Å². The Morgan fingerprint density at radius 2 is 2.23 bits per heavy atom. The van der Waals surface area contributed by atoms with E-state index in [0.717, 1.165) is 4.31 Å². The topological polar surface area (TPSA) is 145 Å². The van der Waals surface area contributed by atoms with Crippen LogP contribution in [0.4, 0.5) is 20.3 Å². The number of hydrogen-bond donors (Lipinski definition) is 4. The molecule has 1 aliphatic rings. The van der Waals surface area contributed by atoms with Crippen LogP contribution in [0.1, 0.15) is 12.1 Å². The summed E-state index contributed by atoms with van der Waals surface area (Å²) in [5.41, 5.74) is 0.214. The fourth-order valence-electron chi connectivity index (χ4n) is 2.79. The van der Waals surface area contributed by atoms with Crippen LogP contribution < -0.4 is 15.5 Å². The zero-order valence-corrected chi connectivity index (χ0v) is 18.0. The van der Waals surface area contributed by atoms with Gasteiger partial charge in [0.05, 0.1) is 23.2 Å². The number of nitrogens with one attached hydrogen (secondary N) is 3. The van der Waals surface area contributed by atoms with Gasteiger partial charge in [0.2, 0.25) is 5.82 Å². The van der Waals surface area contributed by atoms with Crippen LogP contribution >= 0.6 is 15.9 Å². The van der Waals surface area contributed by atoms with Crippen LogP contribution in [0.25, 0.3) is 0 Å². The second-order valence-corrected chi connectivity index (χ2v) is 9.16. The maximum Gasteiger partial charge on any atom is 0.279 e. The zero-order valence-electron chi connectivity index (χ0n) is 15.6. The summed E-state index contributed by atoms with van der Waals surface area (Å²) >= 11 is 3.03. The molecule has 0 aliphatic carbocycles. The van der Waals surface area contributed by atoms with Crippen molar-refractivity contribution in [3.05, 3.63) is 34.2 Å². The van der Waals surface area contributed by atoms with Crippen molar-refractivity contribution in [1.29, 1.82) is 0 Å². The van der Waals surface area contributed by atoms with E-state index in [0.29, 0.717) is 0 Å². The largest absolute Gasteiger partial charge is 0.362 e. The molecule has 2 aromatic rings. The van der Waals surface area contributed by atoms with Crippen molar-refractivity contribution in [3.63, 3.8) is 0 Å². The Balaban J connectivity index is 1.75. The number of hydrogen-bond acceptors (Lipinski definition) is 8. The van der Waals surface area contributed by atoms with Gasteiger partial charge in [-0.3, -0.25) is 10.7 Å². The Hall–Kier alpha value is -2.20. The molecule has 1 atom stereocenters. The van der Waals surface area contributed by atoms with E-state index in [9.17, 15) is 18.0 Å². The summed E-state index contributed by atoms with van der Waals surface area (Å²) < 4.78 is 60.1. The minimum Gasteiger partial charge on any atom is -0.362 e. The normalized spacial score (nSPS) is 20.5. The summed E-state index contributed by atoms with van der Waals surface area (Å²) in [7, 11) is -2.48. The van der Waals surface area contributed by atoms with E-state index in [1.54, 1.807) is 0 Å². The average molecular weight is 510 g/mol. The molecule has 1 aliphatic heterocycles. The molecule has 0 saturated carbocycles. The number of rotatable bonds is 7. The van der Waals surface area contributed by atoms with Gasteiger partial charge in [-0.2, -0.15) is 12.7 Å². The van der Waals surface area contributed by atoms with Crippen LogP contribution in [0.3, 0.4) is 0 Å². The lowest BCUT2D eigenvalue weighted by atomic mass is 10.1. The highest BCUT2D eigenvalue weighted by Crippen LogP contribution is 2.28. The van der Waals surface area contributed by atoms with Crippen LogP contribution in [0.5, 0.6) is 0 Å². The van der Waals surface area contributed by atoms with Gasteiger partial charge in [0, 0.05) is 13.6 Å². The van der Waals surface area contributed by atoms with E-state index in [1.807, 2.05) is 5.48 Å². The number of anilines is 1. The van der Waals surface area contributed by atoms with Crippen LogP contribution in [0.15, 0.2) is 32.3 Å². The zero-order chi connectivity index (χ0) is 21.9. The lowest BCUT2D eigenvalue weighted by Gasteiger charge is -2.20. The number of halogens is 3. The third-order valence-corrected chi connectivity index (χ3v) is 6.52. The number of aromatic nitrogens is 2. The minimum atomic E-state index is -3.73. The fraction of sp³-hybridized carbons (Fsp3) is 0.400. The van der Waals surface area contributed by atoms with Crippen molar-refractivity contribution < 1.29 is 27.0 Å². The third-order valence-electron chi connectivity index (χ3n) is 4.40. The number of nitrogens with zero attached hydrogens (tertiary/aromatic N) is 4. The Kier molecular flexibility index (Phi) is 6.66. The molecule has 3 rings (SSSR count). The molecule has 2 heterocycles. The van der Waals surface area contributed by atoms with Gasteiger partial charge in [0.1, 0.15) is 11.5 Å². The summed E-state index contributed by atoms with van der Waals surface area (Å²) in [6.45, 7) is -0.604. The molecule has 11 nitrogen and oxygen atoms in total. The highest BCUT2D eigenvalue weighted by Gasteiger charge is 2.43. The number of alkyl halides is 1. The van der Waals surface area contributed by atoms with E-state index in [4.69, 9.17) is 0 Å². The second-order valence-electron chi connectivity index (χ2n) is 6.43. The molecule has 164 valence electrons. The average Bonchev–Trinajstić information content (AvgIpc) is 3.35. The van der Waals surface area contributed by atoms with Crippen molar-refractivity contribution in [3.8, 4) is 0 Å². The summed E-state index contributed by atoms with van der Waals surface area (Å²) in [6.07, 6.45) is -0.0235. The van der Waals surface area contributed by atoms with E-state index in [-0.39, 0.29) is 53.6 Å². The first-order chi connectivity index (χ1) is 14.2. The Bertz CT molecular complexity index is 1050. The Morgan fingerprint density at radius 3 is 2.90 bits per heavy atom. The van der Waals surface area contributed by atoms with Gasteiger partial charge in [-0.25, -0.2) is 23.1 Å². The third kappa shape index (κ3) is 4.92. The summed E-state index contributed by atoms with van der Waals surface area (Å²) in [4.78, 5) is 4.10. The maximum atomic E-state index is 15.1. The van der Waals surface area contributed by atoms with E-state index in [1.165, 1.54) is 25.2 Å². The molecule has 1 fully saturated rings. The van der Waals surface area contributed by atoms with Gasteiger partial charge in [-0.05, 0) is 50.9 Å². The van der Waals surface area contributed by atoms with Crippen LogP contribution in [0.2, 0.25) is 0 Å². The first kappa shape index (κ1) is 22.5. The molecule has 1 aromatic carbocycles. The van der Waals surface area contributed by atoms with Gasteiger partial charge in [-0.1, -0.05) is 0 Å². The maximum absolute atomic E-state index is 15.1. The van der Waals surface area contributed by atoms with Crippen LogP contribution in [0, 0.1) is 5.82 Å². The molecule has 30 heavy (non-hydrogen) atoms. The standard InChI is InChI=1S/C15H18BrF2N7O4S/c1-19-30(27,28)25-5-4-15(18,8-25)7-20-13-12(23-29-24-13)14(22-26)21-9-2-3-11(17)10(16)6-9/h2-3,6,19,26H,4-5,7-8H2,1H3,(H,20,24)(H,21,22). The summed E-state index contributed by atoms with van der Waals surface area (Å²) in [5, 5.41) is 19.4. The van der Waals surface area contributed by atoms with Crippen LogP contribution in [-0.2, 0) is 10.2 Å². The van der Waals surface area contributed by atoms with E-state index in [2.05, 4.69) is 45.9 Å². The number of amidine groups is 1. The minimum absolute atomic E-state index is 0.0234. The van der Waals surface area contributed by atoms with Gasteiger partial charge < -0.3 is 5.32 Å². The predicted molar refractivity (Wildman–Crippen MR) is 106 cm³/mol. The lowest BCUT2D eigenvalue weighted by Crippen LogP contribution is -2.41. The van der Waals surface area contributed by atoms with Gasteiger partial charge in [-0.15, -0.1) is 0 Å². The predicted octanol–water partition coefficient (Wildman–Crippen LogP) is 1.32. The van der Waals surface area contributed by atoms with Gasteiger partial charge >= 0.3 is 0 Å². The Labute approximate surface area is 178 Å². The Morgan fingerprint density at radius 1 is 1.47 bits per heavy atom.